The van der Waals surface area contributed by atoms with Gasteiger partial charge in [0.15, 0.2) is 0 Å². The standard InChI is InChI=1S/C25H33Cl2N3O4S/c1-6-23(25(32)28-14-17(2)3)29(15-19-9-7-18(4)8-10-19)24(31)16-30(35(5,33)34)22-12-20(26)11-21(27)13-22/h7-13,17,23H,6,14-16H2,1-5H3,(H,28,32). The highest BCUT2D eigenvalue weighted by atomic mass is 35.5. The maximum atomic E-state index is 13.6. The van der Waals surface area contributed by atoms with Crippen molar-refractivity contribution in [2.75, 3.05) is 23.7 Å². The van der Waals surface area contributed by atoms with Gasteiger partial charge in [0.1, 0.15) is 12.6 Å². The molecular weight excluding hydrogens is 509 g/mol. The summed E-state index contributed by atoms with van der Waals surface area (Å²) < 4.78 is 26.2. The number of rotatable bonds is 11. The average molecular weight is 543 g/mol. The van der Waals surface area contributed by atoms with E-state index in [1.165, 1.54) is 23.1 Å². The summed E-state index contributed by atoms with van der Waals surface area (Å²) in [6.07, 6.45) is 1.37. The van der Waals surface area contributed by atoms with Gasteiger partial charge in [-0.25, -0.2) is 8.42 Å². The van der Waals surface area contributed by atoms with E-state index in [0.717, 1.165) is 21.7 Å². The van der Waals surface area contributed by atoms with Crippen LogP contribution in [0.1, 0.15) is 38.3 Å². The Morgan fingerprint density at radius 2 is 1.60 bits per heavy atom. The molecule has 0 aromatic heterocycles. The third-order valence-electron chi connectivity index (χ3n) is 5.36. The second-order valence-electron chi connectivity index (χ2n) is 8.97. The highest BCUT2D eigenvalue weighted by Crippen LogP contribution is 2.27. The van der Waals surface area contributed by atoms with E-state index in [2.05, 4.69) is 5.32 Å². The van der Waals surface area contributed by atoms with Crippen LogP contribution in [0.3, 0.4) is 0 Å². The minimum Gasteiger partial charge on any atom is -0.354 e. The van der Waals surface area contributed by atoms with E-state index in [1.54, 1.807) is 0 Å². The van der Waals surface area contributed by atoms with Crippen LogP contribution in [0.4, 0.5) is 5.69 Å². The summed E-state index contributed by atoms with van der Waals surface area (Å²) in [5.41, 5.74) is 2.07. The van der Waals surface area contributed by atoms with Crippen LogP contribution in [0.15, 0.2) is 42.5 Å². The molecule has 2 amide bonds. The number of anilines is 1. The molecule has 2 rings (SSSR count). The van der Waals surface area contributed by atoms with Crippen molar-refractivity contribution in [1.29, 1.82) is 0 Å². The van der Waals surface area contributed by atoms with Crippen LogP contribution < -0.4 is 9.62 Å². The normalized spacial score (nSPS) is 12.3. The van der Waals surface area contributed by atoms with Crippen LogP contribution in [0.25, 0.3) is 0 Å². The molecule has 7 nitrogen and oxygen atoms in total. The van der Waals surface area contributed by atoms with Gasteiger partial charge in [0.05, 0.1) is 11.9 Å². The van der Waals surface area contributed by atoms with Gasteiger partial charge in [-0.1, -0.05) is 73.8 Å². The average Bonchev–Trinajstić information content (AvgIpc) is 2.75. The number of hydrogen-bond donors (Lipinski definition) is 1. The molecule has 2 aromatic rings. The Bertz CT molecular complexity index is 1120. The maximum absolute atomic E-state index is 13.6. The molecule has 0 fully saturated rings. The number of benzene rings is 2. The lowest BCUT2D eigenvalue weighted by Crippen LogP contribution is -2.52. The van der Waals surface area contributed by atoms with E-state index < -0.39 is 28.5 Å². The summed E-state index contributed by atoms with van der Waals surface area (Å²) in [6, 6.07) is 11.2. The van der Waals surface area contributed by atoms with Crippen LogP contribution in [-0.2, 0) is 26.2 Å². The molecule has 10 heteroatoms. The van der Waals surface area contributed by atoms with Gasteiger partial charge in [0.2, 0.25) is 21.8 Å². The van der Waals surface area contributed by atoms with Crippen LogP contribution in [0.5, 0.6) is 0 Å². The second-order valence-corrected chi connectivity index (χ2v) is 11.7. The van der Waals surface area contributed by atoms with E-state index in [0.29, 0.717) is 13.0 Å². The fraction of sp³-hybridized carbons (Fsp3) is 0.440. The topological polar surface area (TPSA) is 86.8 Å². The third kappa shape index (κ3) is 8.70. The minimum absolute atomic E-state index is 0.153. The number of sulfonamides is 1. The Hall–Kier alpha value is -2.29. The van der Waals surface area contributed by atoms with E-state index in [4.69, 9.17) is 23.2 Å². The third-order valence-corrected chi connectivity index (χ3v) is 6.94. The maximum Gasteiger partial charge on any atom is 0.244 e. The number of nitrogens with zero attached hydrogens (tertiary/aromatic N) is 2. The van der Waals surface area contributed by atoms with E-state index >= 15 is 0 Å². The lowest BCUT2D eigenvalue weighted by atomic mass is 10.1. The van der Waals surface area contributed by atoms with Gasteiger partial charge in [-0.15, -0.1) is 0 Å². The summed E-state index contributed by atoms with van der Waals surface area (Å²) in [7, 11) is -3.86. The summed E-state index contributed by atoms with van der Waals surface area (Å²) in [5.74, 6) is -0.553. The minimum atomic E-state index is -3.86. The van der Waals surface area contributed by atoms with Gasteiger partial charge < -0.3 is 10.2 Å². The number of carbonyl (C=O) groups excluding carboxylic acids is 2. The molecule has 0 saturated carbocycles. The fourth-order valence-electron chi connectivity index (χ4n) is 3.53. The van der Waals surface area contributed by atoms with Crippen LogP contribution in [0, 0.1) is 12.8 Å². The zero-order valence-electron chi connectivity index (χ0n) is 20.7. The Balaban J connectivity index is 2.44. The quantitative estimate of drug-likeness (QED) is 0.448. The SMILES string of the molecule is CCC(C(=O)NCC(C)C)N(Cc1ccc(C)cc1)C(=O)CN(c1cc(Cl)cc(Cl)c1)S(C)(=O)=O. The first kappa shape index (κ1) is 28.9. The largest absolute Gasteiger partial charge is 0.354 e. The molecule has 0 aliphatic rings. The van der Waals surface area contributed by atoms with Gasteiger partial charge in [0.25, 0.3) is 0 Å². The first-order chi connectivity index (χ1) is 16.3. The summed E-state index contributed by atoms with van der Waals surface area (Å²) >= 11 is 12.2. The Morgan fingerprint density at radius 3 is 2.09 bits per heavy atom. The molecule has 1 atom stereocenters. The summed E-state index contributed by atoms with van der Waals surface area (Å²) in [6.45, 7) is 7.86. The monoisotopic (exact) mass is 541 g/mol. The van der Waals surface area contributed by atoms with Gasteiger partial charge in [0, 0.05) is 23.1 Å². The highest BCUT2D eigenvalue weighted by molar-refractivity contribution is 7.92. The molecule has 0 radical (unpaired) electrons. The summed E-state index contributed by atoms with van der Waals surface area (Å²) in [4.78, 5) is 28.1. The molecule has 0 saturated heterocycles. The van der Waals surface area contributed by atoms with Gasteiger partial charge >= 0.3 is 0 Å². The van der Waals surface area contributed by atoms with Crippen molar-refractivity contribution in [2.24, 2.45) is 5.92 Å². The number of nitrogens with one attached hydrogen (secondary N) is 1. The molecule has 0 spiro atoms. The van der Waals surface area contributed by atoms with Crippen LogP contribution >= 0.6 is 23.2 Å². The van der Waals surface area contributed by atoms with Crippen molar-refractivity contribution in [3.05, 3.63) is 63.6 Å². The van der Waals surface area contributed by atoms with E-state index in [-0.39, 0.29) is 34.1 Å². The number of hydrogen-bond acceptors (Lipinski definition) is 4. The molecule has 35 heavy (non-hydrogen) atoms. The molecule has 0 heterocycles. The molecule has 2 aromatic carbocycles. The number of halogens is 2. The van der Waals surface area contributed by atoms with Gasteiger partial charge in [-0.2, -0.15) is 0 Å². The smallest absolute Gasteiger partial charge is 0.244 e. The first-order valence-corrected chi connectivity index (χ1v) is 14.0. The molecule has 1 unspecified atom stereocenters. The predicted molar refractivity (Wildman–Crippen MR) is 142 cm³/mol. The fourth-order valence-corrected chi connectivity index (χ4v) is 4.88. The Morgan fingerprint density at radius 1 is 1.03 bits per heavy atom. The number of aryl methyl sites for hydroxylation is 1. The van der Waals surface area contributed by atoms with Crippen molar-refractivity contribution in [1.82, 2.24) is 10.2 Å². The van der Waals surface area contributed by atoms with Crippen molar-refractivity contribution >= 4 is 50.7 Å². The van der Waals surface area contributed by atoms with Gasteiger partial charge in [-0.05, 0) is 43.0 Å². The molecule has 0 aliphatic heterocycles. The molecular formula is C25H33Cl2N3O4S. The van der Waals surface area contributed by atoms with E-state index in [1.807, 2.05) is 52.0 Å². The predicted octanol–water partition coefficient (Wildman–Crippen LogP) is 4.65. The second kappa shape index (κ2) is 12.6. The van der Waals surface area contributed by atoms with Crippen LogP contribution in [0.2, 0.25) is 10.0 Å². The highest BCUT2D eigenvalue weighted by Gasteiger charge is 2.32. The number of carbonyl (C=O) groups is 2. The number of amides is 2. The molecule has 192 valence electrons. The van der Waals surface area contributed by atoms with E-state index in [9.17, 15) is 18.0 Å². The molecule has 0 bridgehead atoms. The van der Waals surface area contributed by atoms with Crippen molar-refractivity contribution in [3.63, 3.8) is 0 Å². The lowest BCUT2D eigenvalue weighted by molar-refractivity contribution is -0.140. The summed E-state index contributed by atoms with van der Waals surface area (Å²) in [5, 5.41) is 3.37. The van der Waals surface area contributed by atoms with Crippen LogP contribution in [-0.4, -0.2) is 50.5 Å². The molecule has 1 N–H and O–H groups in total. The Labute approximate surface area is 218 Å². The van der Waals surface area contributed by atoms with Crippen molar-refractivity contribution in [2.45, 2.75) is 46.7 Å². The van der Waals surface area contributed by atoms with Crippen molar-refractivity contribution in [3.8, 4) is 0 Å². The first-order valence-electron chi connectivity index (χ1n) is 11.4. The van der Waals surface area contributed by atoms with Crippen molar-refractivity contribution < 1.29 is 18.0 Å². The Kier molecular flexibility index (Phi) is 10.4. The van der Waals surface area contributed by atoms with Gasteiger partial charge in [-0.3, -0.25) is 13.9 Å². The zero-order valence-corrected chi connectivity index (χ0v) is 23.0. The molecule has 0 aliphatic carbocycles. The zero-order chi connectivity index (χ0) is 26.3. The lowest BCUT2D eigenvalue weighted by Gasteiger charge is -2.33.